The Hall–Kier alpha value is -2.61. The Kier molecular flexibility index (Phi) is 5.47. The predicted octanol–water partition coefficient (Wildman–Crippen LogP) is 0.398. The van der Waals surface area contributed by atoms with E-state index in [4.69, 9.17) is 4.74 Å². The van der Waals surface area contributed by atoms with Crippen LogP contribution in [0.4, 0.5) is 11.4 Å². The molecule has 28 heavy (non-hydrogen) atoms. The number of carbonyl (C=O) groups excluding carboxylic acids is 3. The van der Waals surface area contributed by atoms with Gasteiger partial charge in [-0.1, -0.05) is 12.1 Å². The van der Waals surface area contributed by atoms with E-state index in [2.05, 4.69) is 10.2 Å². The van der Waals surface area contributed by atoms with Gasteiger partial charge >= 0.3 is 0 Å². The Balaban J connectivity index is 1.34. The molecular weight excluding hydrogens is 360 g/mol. The third-order valence-corrected chi connectivity index (χ3v) is 5.73. The van der Waals surface area contributed by atoms with Crippen molar-refractivity contribution in [2.45, 2.75) is 6.42 Å². The molecule has 2 aliphatic heterocycles. The summed E-state index contributed by atoms with van der Waals surface area (Å²) in [7, 11) is 0. The average Bonchev–Trinajstić information content (AvgIpc) is 3.55. The number of anilines is 2. The molecule has 0 aromatic heterocycles. The van der Waals surface area contributed by atoms with Gasteiger partial charge in [0.25, 0.3) is 0 Å². The van der Waals surface area contributed by atoms with Crippen LogP contribution in [-0.4, -0.2) is 80.5 Å². The van der Waals surface area contributed by atoms with Crippen molar-refractivity contribution in [2.24, 2.45) is 11.8 Å². The fourth-order valence-corrected chi connectivity index (χ4v) is 3.92. The summed E-state index contributed by atoms with van der Waals surface area (Å²) in [6.07, 6.45) is 1.42. The molecule has 4 rings (SSSR count). The maximum atomic E-state index is 12.7. The van der Waals surface area contributed by atoms with Crippen LogP contribution in [0.15, 0.2) is 24.3 Å². The zero-order valence-electron chi connectivity index (χ0n) is 15.9. The van der Waals surface area contributed by atoms with E-state index in [0.29, 0.717) is 45.8 Å². The van der Waals surface area contributed by atoms with E-state index in [-0.39, 0.29) is 23.7 Å². The van der Waals surface area contributed by atoms with Gasteiger partial charge in [0.2, 0.25) is 18.2 Å². The number of hydrogen-bond acceptors (Lipinski definition) is 5. The largest absolute Gasteiger partial charge is 0.378 e. The van der Waals surface area contributed by atoms with Crippen molar-refractivity contribution in [2.75, 3.05) is 62.7 Å². The van der Waals surface area contributed by atoms with Gasteiger partial charge in [0.15, 0.2) is 0 Å². The summed E-state index contributed by atoms with van der Waals surface area (Å²) < 4.78 is 5.41. The summed E-state index contributed by atoms with van der Waals surface area (Å²) in [6, 6.07) is 7.77. The van der Waals surface area contributed by atoms with Gasteiger partial charge in [-0.25, -0.2) is 0 Å². The summed E-state index contributed by atoms with van der Waals surface area (Å²) in [5, 5.41) is 3.03. The monoisotopic (exact) mass is 386 g/mol. The summed E-state index contributed by atoms with van der Waals surface area (Å²) in [4.78, 5) is 41.8. The molecule has 1 aromatic rings. The molecule has 1 N–H and O–H groups in total. The molecule has 2 heterocycles. The van der Waals surface area contributed by atoms with E-state index >= 15 is 0 Å². The van der Waals surface area contributed by atoms with Crippen molar-refractivity contribution >= 4 is 29.6 Å². The number of benzene rings is 1. The number of nitrogens with one attached hydrogen (secondary N) is 1. The summed E-state index contributed by atoms with van der Waals surface area (Å²) >= 11 is 0. The fraction of sp³-hybridized carbons (Fsp3) is 0.550. The average molecular weight is 386 g/mol. The van der Waals surface area contributed by atoms with Crippen molar-refractivity contribution in [3.05, 3.63) is 24.3 Å². The van der Waals surface area contributed by atoms with Crippen LogP contribution < -0.4 is 10.2 Å². The maximum Gasteiger partial charge on any atom is 0.228 e. The normalized spacial score (nSPS) is 24.6. The van der Waals surface area contributed by atoms with Crippen molar-refractivity contribution in [1.82, 2.24) is 9.80 Å². The number of piperazine rings is 1. The lowest BCUT2D eigenvalue weighted by Gasteiger charge is -2.32. The zero-order valence-corrected chi connectivity index (χ0v) is 15.9. The van der Waals surface area contributed by atoms with E-state index < -0.39 is 0 Å². The van der Waals surface area contributed by atoms with E-state index in [1.807, 2.05) is 24.3 Å². The minimum atomic E-state index is -0.269. The van der Waals surface area contributed by atoms with Gasteiger partial charge in [0.1, 0.15) is 0 Å². The van der Waals surface area contributed by atoms with Crippen LogP contribution in [0.3, 0.4) is 0 Å². The molecule has 2 unspecified atom stereocenters. The van der Waals surface area contributed by atoms with Gasteiger partial charge < -0.3 is 24.8 Å². The molecule has 0 spiro atoms. The molecule has 3 fully saturated rings. The van der Waals surface area contributed by atoms with Crippen molar-refractivity contribution < 1.29 is 19.1 Å². The van der Waals surface area contributed by atoms with Gasteiger partial charge in [-0.15, -0.1) is 0 Å². The summed E-state index contributed by atoms with van der Waals surface area (Å²) in [6.45, 7) is 5.16. The number of hydrogen-bond donors (Lipinski definition) is 1. The minimum Gasteiger partial charge on any atom is -0.378 e. The smallest absolute Gasteiger partial charge is 0.228 e. The first-order chi connectivity index (χ1) is 13.7. The number of ether oxygens (including phenoxy) is 1. The Morgan fingerprint density at radius 1 is 1.00 bits per heavy atom. The summed E-state index contributed by atoms with van der Waals surface area (Å²) in [5.74, 6) is -0.564. The van der Waals surface area contributed by atoms with Crippen LogP contribution in [0.25, 0.3) is 0 Å². The second kappa shape index (κ2) is 8.18. The first-order valence-electron chi connectivity index (χ1n) is 9.88. The summed E-state index contributed by atoms with van der Waals surface area (Å²) in [5.41, 5.74) is 1.78. The van der Waals surface area contributed by atoms with E-state index in [0.717, 1.165) is 30.9 Å². The molecule has 150 valence electrons. The van der Waals surface area contributed by atoms with Crippen LogP contribution in [0.5, 0.6) is 0 Å². The molecule has 0 bridgehead atoms. The zero-order chi connectivity index (χ0) is 19.5. The highest BCUT2D eigenvalue weighted by molar-refractivity contribution is 6.01. The fourth-order valence-electron chi connectivity index (χ4n) is 3.92. The number of nitrogens with zero attached hydrogens (tertiary/aromatic N) is 3. The number of carbonyl (C=O) groups is 3. The number of rotatable bonds is 5. The van der Waals surface area contributed by atoms with Gasteiger partial charge in [0, 0.05) is 39.3 Å². The first kappa shape index (κ1) is 18.7. The molecule has 1 saturated carbocycles. The Morgan fingerprint density at radius 3 is 2.43 bits per heavy atom. The molecule has 8 nitrogen and oxygen atoms in total. The number of para-hydroxylation sites is 2. The molecule has 1 aromatic carbocycles. The second-order valence-corrected chi connectivity index (χ2v) is 7.52. The lowest BCUT2D eigenvalue weighted by Crippen LogP contribution is -2.48. The molecule has 2 atom stereocenters. The Labute approximate surface area is 164 Å². The van der Waals surface area contributed by atoms with Crippen molar-refractivity contribution in [1.29, 1.82) is 0 Å². The van der Waals surface area contributed by atoms with Crippen molar-refractivity contribution in [3.8, 4) is 0 Å². The van der Waals surface area contributed by atoms with Crippen LogP contribution in [0.2, 0.25) is 0 Å². The third kappa shape index (κ3) is 3.96. The maximum absolute atomic E-state index is 12.7. The van der Waals surface area contributed by atoms with Gasteiger partial charge in [0.05, 0.1) is 36.4 Å². The topological polar surface area (TPSA) is 82.2 Å². The minimum absolute atomic E-state index is 0.0344. The van der Waals surface area contributed by atoms with Crippen LogP contribution in [0.1, 0.15) is 6.42 Å². The molecular formula is C20H26N4O4. The van der Waals surface area contributed by atoms with Crippen LogP contribution in [-0.2, 0) is 19.1 Å². The lowest BCUT2D eigenvalue weighted by molar-refractivity contribution is -0.137. The SMILES string of the molecule is O=CN1CCN(C(=O)C2CC2C(=O)Nc2ccccc2N2CCOCC2)CC1. The highest BCUT2D eigenvalue weighted by atomic mass is 16.5. The quantitative estimate of drug-likeness (QED) is 0.741. The Morgan fingerprint density at radius 2 is 1.71 bits per heavy atom. The predicted molar refractivity (Wildman–Crippen MR) is 104 cm³/mol. The standard InChI is InChI=1S/C20H26N4O4/c25-14-22-5-7-24(8-6-22)20(27)16-13-15(16)19(26)21-17-3-1-2-4-18(17)23-9-11-28-12-10-23/h1-4,14-16H,5-13H2,(H,21,26). The van der Waals surface area contributed by atoms with Crippen LogP contribution >= 0.6 is 0 Å². The van der Waals surface area contributed by atoms with E-state index in [9.17, 15) is 14.4 Å². The lowest BCUT2D eigenvalue weighted by atomic mass is 10.2. The van der Waals surface area contributed by atoms with Gasteiger partial charge in [-0.05, 0) is 18.6 Å². The highest BCUT2D eigenvalue weighted by Crippen LogP contribution is 2.41. The molecule has 1 aliphatic carbocycles. The van der Waals surface area contributed by atoms with Crippen molar-refractivity contribution in [3.63, 3.8) is 0 Å². The molecule has 3 aliphatic rings. The number of morpholine rings is 1. The second-order valence-electron chi connectivity index (χ2n) is 7.52. The van der Waals surface area contributed by atoms with E-state index in [1.165, 1.54) is 0 Å². The molecule has 0 radical (unpaired) electrons. The molecule has 2 saturated heterocycles. The number of amides is 3. The Bertz CT molecular complexity index is 741. The first-order valence-corrected chi connectivity index (χ1v) is 9.88. The highest BCUT2D eigenvalue weighted by Gasteiger charge is 2.49. The van der Waals surface area contributed by atoms with Gasteiger partial charge in [-0.2, -0.15) is 0 Å². The molecule has 3 amide bonds. The van der Waals surface area contributed by atoms with Crippen LogP contribution in [0, 0.1) is 11.8 Å². The third-order valence-electron chi connectivity index (χ3n) is 5.73. The van der Waals surface area contributed by atoms with Gasteiger partial charge in [-0.3, -0.25) is 14.4 Å². The molecule has 8 heteroatoms. The van der Waals surface area contributed by atoms with E-state index in [1.54, 1.807) is 9.80 Å².